The van der Waals surface area contributed by atoms with Gasteiger partial charge in [0.15, 0.2) is 0 Å². The number of piperazine rings is 1. The van der Waals surface area contributed by atoms with Gasteiger partial charge in [0.05, 0.1) is 11.9 Å². The fourth-order valence-electron chi connectivity index (χ4n) is 4.78. The average Bonchev–Trinajstić information content (AvgIpc) is 2.98. The van der Waals surface area contributed by atoms with E-state index in [9.17, 15) is 14.4 Å². The third-order valence-electron chi connectivity index (χ3n) is 6.98. The van der Waals surface area contributed by atoms with Gasteiger partial charge in [-0.2, -0.15) is 9.78 Å². The molecule has 9 nitrogen and oxygen atoms in total. The Morgan fingerprint density at radius 1 is 0.927 bits per heavy atom. The van der Waals surface area contributed by atoms with E-state index < -0.39 is 5.56 Å². The van der Waals surface area contributed by atoms with Crippen LogP contribution in [0.25, 0.3) is 16.8 Å². The molecule has 1 aromatic heterocycles. The fraction of sp³-hybridized carbons (Fsp3) is 0.226. The van der Waals surface area contributed by atoms with Gasteiger partial charge in [-0.3, -0.25) is 14.4 Å². The lowest BCUT2D eigenvalue weighted by molar-refractivity contribution is -0.129. The normalized spacial score (nSPS) is 13.1. The molecule has 41 heavy (non-hydrogen) atoms. The van der Waals surface area contributed by atoms with E-state index >= 15 is 0 Å². The minimum Gasteiger partial charge on any atom is -0.449 e. The third kappa shape index (κ3) is 6.41. The average molecular weight is 572 g/mol. The molecule has 10 heteroatoms. The van der Waals surface area contributed by atoms with E-state index in [1.165, 1.54) is 11.6 Å². The van der Waals surface area contributed by atoms with Crippen LogP contribution >= 0.6 is 11.6 Å². The third-order valence-corrected chi connectivity index (χ3v) is 7.23. The first-order chi connectivity index (χ1) is 19.8. The molecule has 5 rings (SSSR count). The molecule has 0 radical (unpaired) electrons. The summed E-state index contributed by atoms with van der Waals surface area (Å²) in [7, 11) is 0. The SMILES string of the molecule is CC(=O)NCc1ccccc1-c1ccc(Oc2c(N3CCN(C(C)=O)CC3)cnn(-c3ccc(Cl)cc3)c2=O)cc1. The zero-order valence-corrected chi connectivity index (χ0v) is 23.6. The highest BCUT2D eigenvalue weighted by atomic mass is 35.5. The van der Waals surface area contributed by atoms with E-state index in [0.717, 1.165) is 16.7 Å². The van der Waals surface area contributed by atoms with Gasteiger partial charge in [0.1, 0.15) is 11.4 Å². The topological polar surface area (TPSA) is 96.8 Å². The number of amides is 2. The molecule has 0 saturated carbocycles. The zero-order valence-electron chi connectivity index (χ0n) is 22.8. The highest BCUT2D eigenvalue weighted by molar-refractivity contribution is 6.30. The number of hydrogen-bond donors (Lipinski definition) is 1. The van der Waals surface area contributed by atoms with Crippen LogP contribution in [0.5, 0.6) is 11.5 Å². The van der Waals surface area contributed by atoms with Crippen LogP contribution in [-0.4, -0.2) is 52.7 Å². The summed E-state index contributed by atoms with van der Waals surface area (Å²) < 4.78 is 7.56. The van der Waals surface area contributed by atoms with Crippen molar-refractivity contribution in [1.29, 1.82) is 0 Å². The van der Waals surface area contributed by atoms with Gasteiger partial charge in [0, 0.05) is 51.6 Å². The molecule has 0 atom stereocenters. The van der Waals surface area contributed by atoms with Crippen LogP contribution in [0.4, 0.5) is 5.69 Å². The summed E-state index contributed by atoms with van der Waals surface area (Å²) in [5.41, 5.74) is 3.64. The number of ether oxygens (including phenoxy) is 1. The van der Waals surface area contributed by atoms with Gasteiger partial charge >= 0.3 is 5.56 Å². The van der Waals surface area contributed by atoms with E-state index in [-0.39, 0.29) is 17.6 Å². The summed E-state index contributed by atoms with van der Waals surface area (Å²) >= 11 is 6.05. The van der Waals surface area contributed by atoms with Crippen LogP contribution in [0.1, 0.15) is 19.4 Å². The molecule has 210 valence electrons. The lowest BCUT2D eigenvalue weighted by Gasteiger charge is -2.35. The second kappa shape index (κ2) is 12.3. The van der Waals surface area contributed by atoms with Crippen LogP contribution in [-0.2, 0) is 16.1 Å². The van der Waals surface area contributed by atoms with Gasteiger partial charge in [-0.05, 0) is 53.1 Å². The minimum atomic E-state index is -0.413. The maximum Gasteiger partial charge on any atom is 0.316 e. The predicted molar refractivity (Wildman–Crippen MR) is 159 cm³/mol. The zero-order chi connectivity index (χ0) is 28.9. The van der Waals surface area contributed by atoms with Crippen molar-refractivity contribution in [2.24, 2.45) is 0 Å². The van der Waals surface area contributed by atoms with Crippen molar-refractivity contribution in [2.75, 3.05) is 31.1 Å². The Labute approximate surface area is 242 Å². The predicted octanol–water partition coefficient (Wildman–Crippen LogP) is 4.65. The number of halogens is 1. The molecule has 1 aliphatic rings. The van der Waals surface area contributed by atoms with Gasteiger partial charge < -0.3 is 19.9 Å². The Bertz CT molecular complexity index is 1610. The van der Waals surface area contributed by atoms with Crippen molar-refractivity contribution in [3.8, 4) is 28.3 Å². The molecule has 1 saturated heterocycles. The van der Waals surface area contributed by atoms with Crippen LogP contribution in [0, 0.1) is 0 Å². The van der Waals surface area contributed by atoms with E-state index in [0.29, 0.717) is 54.9 Å². The summed E-state index contributed by atoms with van der Waals surface area (Å²) in [6.45, 7) is 5.65. The first kappa shape index (κ1) is 27.9. The van der Waals surface area contributed by atoms with Gasteiger partial charge in [-0.25, -0.2) is 0 Å². The number of nitrogens with one attached hydrogen (secondary N) is 1. The van der Waals surface area contributed by atoms with Gasteiger partial charge in [-0.1, -0.05) is 48.0 Å². The fourth-order valence-corrected chi connectivity index (χ4v) is 4.90. The second-order valence-electron chi connectivity index (χ2n) is 9.74. The Hall–Kier alpha value is -4.63. The van der Waals surface area contributed by atoms with Crippen LogP contribution in [0.15, 0.2) is 83.8 Å². The lowest BCUT2D eigenvalue weighted by atomic mass is 9.99. The molecule has 1 N–H and O–H groups in total. The number of rotatable bonds is 7. The van der Waals surface area contributed by atoms with Crippen LogP contribution in [0.3, 0.4) is 0 Å². The van der Waals surface area contributed by atoms with Crippen molar-refractivity contribution < 1.29 is 14.3 Å². The Morgan fingerprint density at radius 3 is 2.27 bits per heavy atom. The summed E-state index contributed by atoms with van der Waals surface area (Å²) in [5, 5.41) is 7.83. The standard InChI is InChI=1S/C31H30ClN5O4/c1-21(38)33-19-24-5-3-4-6-28(24)23-7-13-27(14-8-23)41-30-29(36-17-15-35(16-18-36)22(2)39)20-34-37(31(30)40)26-11-9-25(32)10-12-26/h3-14,20H,15-19H2,1-2H3,(H,33,38). The van der Waals surface area contributed by atoms with Gasteiger partial charge in [-0.15, -0.1) is 0 Å². The Morgan fingerprint density at radius 2 is 1.61 bits per heavy atom. The summed E-state index contributed by atoms with van der Waals surface area (Å²) in [5.74, 6) is 0.563. The number of nitrogens with zero attached hydrogens (tertiary/aromatic N) is 4. The molecule has 0 unspecified atom stereocenters. The highest BCUT2D eigenvalue weighted by Gasteiger charge is 2.25. The maximum absolute atomic E-state index is 13.8. The molecule has 0 spiro atoms. The smallest absolute Gasteiger partial charge is 0.316 e. The van der Waals surface area contributed by atoms with Crippen molar-refractivity contribution in [1.82, 2.24) is 20.0 Å². The number of hydrogen-bond acceptors (Lipinski definition) is 6. The Kier molecular flexibility index (Phi) is 8.35. The first-order valence-electron chi connectivity index (χ1n) is 13.3. The molecule has 0 bridgehead atoms. The van der Waals surface area contributed by atoms with Crippen molar-refractivity contribution in [3.05, 3.63) is 99.9 Å². The molecule has 2 amide bonds. The number of anilines is 1. The van der Waals surface area contributed by atoms with E-state index in [4.69, 9.17) is 16.3 Å². The molecule has 1 fully saturated rings. The second-order valence-corrected chi connectivity index (χ2v) is 10.2. The molecule has 3 aromatic carbocycles. The number of benzene rings is 3. The highest BCUT2D eigenvalue weighted by Crippen LogP contribution is 2.32. The molecule has 1 aliphatic heterocycles. The number of aromatic nitrogens is 2. The number of carbonyl (C=O) groups excluding carboxylic acids is 2. The quantitative estimate of drug-likeness (QED) is 0.347. The molecule has 4 aromatic rings. The van der Waals surface area contributed by atoms with Crippen LogP contribution < -0.4 is 20.5 Å². The summed E-state index contributed by atoms with van der Waals surface area (Å²) in [6.07, 6.45) is 1.63. The summed E-state index contributed by atoms with van der Waals surface area (Å²) in [4.78, 5) is 40.8. The molecular weight excluding hydrogens is 542 g/mol. The van der Waals surface area contributed by atoms with E-state index in [1.54, 1.807) is 42.3 Å². The first-order valence-corrected chi connectivity index (χ1v) is 13.7. The van der Waals surface area contributed by atoms with E-state index in [1.807, 2.05) is 53.4 Å². The summed E-state index contributed by atoms with van der Waals surface area (Å²) in [6, 6.07) is 22.2. The maximum atomic E-state index is 13.8. The molecular formula is C31H30ClN5O4. The Balaban J connectivity index is 1.47. The van der Waals surface area contributed by atoms with Crippen LogP contribution in [0.2, 0.25) is 5.02 Å². The molecule has 2 heterocycles. The van der Waals surface area contributed by atoms with Gasteiger partial charge in [0.25, 0.3) is 0 Å². The minimum absolute atomic E-state index is 0.0242. The van der Waals surface area contributed by atoms with Crippen molar-refractivity contribution in [3.63, 3.8) is 0 Å². The molecule has 0 aliphatic carbocycles. The monoisotopic (exact) mass is 571 g/mol. The lowest BCUT2D eigenvalue weighted by Crippen LogP contribution is -2.48. The van der Waals surface area contributed by atoms with Gasteiger partial charge in [0.2, 0.25) is 17.6 Å². The number of carbonyl (C=O) groups is 2. The van der Waals surface area contributed by atoms with Crippen molar-refractivity contribution in [2.45, 2.75) is 20.4 Å². The van der Waals surface area contributed by atoms with E-state index in [2.05, 4.69) is 10.4 Å². The van der Waals surface area contributed by atoms with Crippen molar-refractivity contribution >= 4 is 29.1 Å². The largest absolute Gasteiger partial charge is 0.449 e.